The first-order valence-electron chi connectivity index (χ1n) is 6.57. The number of carbonyl (C=O) groups excluding carboxylic acids is 1. The van der Waals surface area contributed by atoms with Crippen LogP contribution in [0.25, 0.3) is 0 Å². The molecular weight excluding hydrogens is 318 g/mol. The summed E-state index contributed by atoms with van der Waals surface area (Å²) in [6.45, 7) is 0. The van der Waals surface area contributed by atoms with Crippen molar-refractivity contribution in [3.05, 3.63) is 63.7 Å². The summed E-state index contributed by atoms with van der Waals surface area (Å²) in [5.74, 6) is 0.892. The molecule has 7 heteroatoms. The molecule has 5 nitrogen and oxygen atoms in total. The number of thiophene rings is 1. The number of nitrogens with two attached hydrogens (primary N) is 1. The normalized spacial score (nSPS) is 10.7. The Morgan fingerprint density at radius 1 is 1.23 bits per heavy atom. The number of carbonyl (C=O) groups is 1. The molecule has 1 aromatic carbocycles. The van der Waals surface area contributed by atoms with Gasteiger partial charge in [-0.25, -0.2) is 0 Å². The van der Waals surface area contributed by atoms with Crippen LogP contribution in [-0.4, -0.2) is 16.1 Å². The molecule has 0 radical (unpaired) electrons. The maximum absolute atomic E-state index is 11.0. The number of primary amides is 1. The van der Waals surface area contributed by atoms with Gasteiger partial charge < -0.3 is 10.2 Å². The minimum absolute atomic E-state index is 0.422. The van der Waals surface area contributed by atoms with E-state index in [9.17, 15) is 4.79 Å². The zero-order valence-corrected chi connectivity index (χ0v) is 13.2. The number of aromatic nitrogens is 2. The highest BCUT2D eigenvalue weighted by atomic mass is 32.2. The van der Waals surface area contributed by atoms with Crippen molar-refractivity contribution in [1.82, 2.24) is 10.2 Å². The Hall–Kier alpha value is -2.12. The average molecular weight is 331 g/mol. The summed E-state index contributed by atoms with van der Waals surface area (Å²) in [6, 6.07) is 11.2. The van der Waals surface area contributed by atoms with Crippen molar-refractivity contribution >= 4 is 29.0 Å². The third kappa shape index (κ3) is 3.75. The van der Waals surface area contributed by atoms with E-state index < -0.39 is 5.91 Å². The second-order valence-electron chi connectivity index (χ2n) is 4.57. The summed E-state index contributed by atoms with van der Waals surface area (Å²) >= 11 is 3.14. The highest BCUT2D eigenvalue weighted by Gasteiger charge is 2.08. The largest absolute Gasteiger partial charge is 0.416 e. The zero-order chi connectivity index (χ0) is 15.4. The van der Waals surface area contributed by atoms with Crippen LogP contribution in [0.4, 0.5) is 0 Å². The number of thioether (sulfide) groups is 1. The molecule has 0 saturated carbocycles. The van der Waals surface area contributed by atoms with E-state index in [1.54, 1.807) is 23.5 Å². The summed E-state index contributed by atoms with van der Waals surface area (Å²) in [7, 11) is 0. The van der Waals surface area contributed by atoms with Gasteiger partial charge in [-0.3, -0.25) is 4.79 Å². The molecule has 0 aliphatic heterocycles. The van der Waals surface area contributed by atoms with Gasteiger partial charge in [-0.05, 0) is 29.1 Å². The lowest BCUT2D eigenvalue weighted by atomic mass is 10.1. The standard InChI is InChI=1S/C15H13N3O2S2/c16-14(19)11-5-3-10(4-6-11)9-22-15-18-17-13(20-15)8-12-2-1-7-21-12/h1-7H,8-9H2,(H2,16,19). The van der Waals surface area contributed by atoms with Gasteiger partial charge in [0.2, 0.25) is 11.8 Å². The van der Waals surface area contributed by atoms with Crippen molar-refractivity contribution in [2.45, 2.75) is 17.4 Å². The predicted molar refractivity (Wildman–Crippen MR) is 85.9 cm³/mol. The number of rotatable bonds is 6. The molecule has 0 unspecified atom stereocenters. The molecule has 22 heavy (non-hydrogen) atoms. The smallest absolute Gasteiger partial charge is 0.276 e. The second kappa shape index (κ2) is 6.76. The van der Waals surface area contributed by atoms with Crippen molar-refractivity contribution in [3.63, 3.8) is 0 Å². The molecule has 0 fully saturated rings. The van der Waals surface area contributed by atoms with E-state index in [0.717, 1.165) is 5.56 Å². The van der Waals surface area contributed by atoms with E-state index >= 15 is 0 Å². The van der Waals surface area contributed by atoms with Crippen LogP contribution in [0, 0.1) is 0 Å². The van der Waals surface area contributed by atoms with Gasteiger partial charge in [0.1, 0.15) is 0 Å². The topological polar surface area (TPSA) is 82.0 Å². The van der Waals surface area contributed by atoms with Crippen LogP contribution < -0.4 is 5.73 Å². The fourth-order valence-electron chi connectivity index (χ4n) is 1.84. The Morgan fingerprint density at radius 3 is 2.73 bits per heavy atom. The van der Waals surface area contributed by atoms with Crippen molar-refractivity contribution < 1.29 is 9.21 Å². The van der Waals surface area contributed by atoms with Crippen LogP contribution in [0.5, 0.6) is 0 Å². The van der Waals surface area contributed by atoms with E-state index in [1.807, 2.05) is 29.6 Å². The molecule has 1 amide bonds. The molecule has 3 rings (SSSR count). The number of benzene rings is 1. The maximum atomic E-state index is 11.0. The van der Waals surface area contributed by atoms with Crippen LogP contribution in [0.1, 0.15) is 26.7 Å². The predicted octanol–water partition coefficient (Wildman–Crippen LogP) is 3.11. The van der Waals surface area contributed by atoms with Gasteiger partial charge in [-0.2, -0.15) is 0 Å². The average Bonchev–Trinajstić information content (AvgIpc) is 3.18. The van der Waals surface area contributed by atoms with E-state index in [-0.39, 0.29) is 0 Å². The van der Waals surface area contributed by atoms with Gasteiger partial charge in [-0.1, -0.05) is 30.0 Å². The van der Waals surface area contributed by atoms with Crippen molar-refractivity contribution in [2.75, 3.05) is 0 Å². The summed E-state index contributed by atoms with van der Waals surface area (Å²) in [5, 5.41) is 10.7. The molecule has 3 aromatic rings. The Kier molecular flexibility index (Phi) is 4.55. The molecule has 0 bridgehead atoms. The van der Waals surface area contributed by atoms with Gasteiger partial charge in [0.25, 0.3) is 5.22 Å². The number of hydrogen-bond donors (Lipinski definition) is 1. The molecular formula is C15H13N3O2S2. The molecule has 2 N–H and O–H groups in total. The molecule has 0 aliphatic carbocycles. The number of amides is 1. The minimum atomic E-state index is -0.422. The quantitative estimate of drug-likeness (QED) is 0.702. The monoisotopic (exact) mass is 331 g/mol. The zero-order valence-electron chi connectivity index (χ0n) is 11.6. The first-order valence-corrected chi connectivity index (χ1v) is 8.43. The Bertz CT molecular complexity index is 751. The minimum Gasteiger partial charge on any atom is -0.416 e. The summed E-state index contributed by atoms with van der Waals surface area (Å²) in [6.07, 6.45) is 0.665. The van der Waals surface area contributed by atoms with Crippen LogP contribution in [0.2, 0.25) is 0 Å². The van der Waals surface area contributed by atoms with Crippen LogP contribution in [0.3, 0.4) is 0 Å². The molecule has 0 aliphatic rings. The highest BCUT2D eigenvalue weighted by molar-refractivity contribution is 7.98. The second-order valence-corrected chi connectivity index (χ2v) is 6.53. The molecule has 2 aromatic heterocycles. The van der Waals surface area contributed by atoms with Crippen molar-refractivity contribution in [1.29, 1.82) is 0 Å². The van der Waals surface area contributed by atoms with Crippen LogP contribution in [-0.2, 0) is 12.2 Å². The molecule has 0 saturated heterocycles. The summed E-state index contributed by atoms with van der Waals surface area (Å²) in [4.78, 5) is 12.2. The van der Waals surface area contributed by atoms with Crippen LogP contribution in [0.15, 0.2) is 51.4 Å². The first-order chi connectivity index (χ1) is 10.7. The van der Waals surface area contributed by atoms with Gasteiger partial charge in [0.05, 0.1) is 6.42 Å². The fraction of sp³-hybridized carbons (Fsp3) is 0.133. The van der Waals surface area contributed by atoms with Gasteiger partial charge in [-0.15, -0.1) is 21.5 Å². The Balaban J connectivity index is 1.57. The van der Waals surface area contributed by atoms with E-state index in [2.05, 4.69) is 10.2 Å². The first kappa shape index (κ1) is 14.8. The van der Waals surface area contributed by atoms with E-state index in [0.29, 0.717) is 28.9 Å². The van der Waals surface area contributed by atoms with E-state index in [1.165, 1.54) is 16.6 Å². The molecule has 2 heterocycles. The molecule has 112 valence electrons. The van der Waals surface area contributed by atoms with Gasteiger partial charge in [0, 0.05) is 16.2 Å². The molecule has 0 atom stereocenters. The lowest BCUT2D eigenvalue weighted by Crippen LogP contribution is -2.10. The Labute approximate surface area is 135 Å². The lowest BCUT2D eigenvalue weighted by molar-refractivity contribution is 0.100. The maximum Gasteiger partial charge on any atom is 0.276 e. The van der Waals surface area contributed by atoms with Gasteiger partial charge in [0.15, 0.2) is 0 Å². The SMILES string of the molecule is NC(=O)c1ccc(CSc2nnc(Cc3cccs3)o2)cc1. The third-order valence-corrected chi connectivity index (χ3v) is 4.72. The summed E-state index contributed by atoms with van der Waals surface area (Å²) < 4.78 is 5.61. The lowest BCUT2D eigenvalue weighted by Gasteiger charge is -1.99. The molecule has 0 spiro atoms. The van der Waals surface area contributed by atoms with E-state index in [4.69, 9.17) is 10.2 Å². The Morgan fingerprint density at radius 2 is 2.05 bits per heavy atom. The fourth-order valence-corrected chi connectivity index (χ4v) is 3.27. The van der Waals surface area contributed by atoms with Gasteiger partial charge >= 0.3 is 0 Å². The van der Waals surface area contributed by atoms with Crippen molar-refractivity contribution in [3.8, 4) is 0 Å². The third-order valence-electron chi connectivity index (χ3n) is 2.95. The van der Waals surface area contributed by atoms with Crippen LogP contribution >= 0.6 is 23.1 Å². The summed E-state index contributed by atoms with van der Waals surface area (Å²) in [5.41, 5.74) is 6.78. The van der Waals surface area contributed by atoms with Crippen molar-refractivity contribution in [2.24, 2.45) is 5.73 Å². The number of nitrogens with zero attached hydrogens (tertiary/aromatic N) is 2. The number of hydrogen-bond acceptors (Lipinski definition) is 6. The highest BCUT2D eigenvalue weighted by Crippen LogP contribution is 2.23.